The molecule has 0 radical (unpaired) electrons. The molecule has 5 heteroatoms. The molecule has 1 aliphatic heterocycles. The van der Waals surface area contributed by atoms with Crippen molar-refractivity contribution < 1.29 is 13.6 Å². The fraction of sp³-hybridized carbons (Fsp3) is 0.316. The number of rotatable bonds is 5. The summed E-state index contributed by atoms with van der Waals surface area (Å²) in [6.07, 6.45) is 2.53. The molecule has 1 N–H and O–H groups in total. The van der Waals surface area contributed by atoms with Gasteiger partial charge in [0.15, 0.2) is 0 Å². The first-order valence-corrected chi connectivity index (χ1v) is 8.15. The Morgan fingerprint density at radius 1 is 1.00 bits per heavy atom. The third kappa shape index (κ3) is 4.17. The van der Waals surface area contributed by atoms with Crippen molar-refractivity contribution in [3.8, 4) is 0 Å². The van der Waals surface area contributed by atoms with Crippen LogP contribution in [0, 0.1) is 11.6 Å². The van der Waals surface area contributed by atoms with Crippen molar-refractivity contribution in [2.45, 2.75) is 25.9 Å². The Balaban J connectivity index is 1.56. The third-order valence-corrected chi connectivity index (χ3v) is 4.25. The van der Waals surface area contributed by atoms with Gasteiger partial charge in [-0.25, -0.2) is 8.78 Å². The molecular weight excluding hydrogens is 310 g/mol. The fourth-order valence-electron chi connectivity index (χ4n) is 2.91. The summed E-state index contributed by atoms with van der Waals surface area (Å²) in [4.78, 5) is 14.4. The van der Waals surface area contributed by atoms with E-state index in [2.05, 4.69) is 10.2 Å². The Kier molecular flexibility index (Phi) is 5.20. The average molecular weight is 330 g/mol. The van der Waals surface area contributed by atoms with Gasteiger partial charge in [-0.15, -0.1) is 0 Å². The van der Waals surface area contributed by atoms with E-state index in [1.54, 1.807) is 0 Å². The minimum atomic E-state index is -0.727. The second kappa shape index (κ2) is 7.53. The van der Waals surface area contributed by atoms with E-state index in [9.17, 15) is 13.6 Å². The normalized spacial score (nSPS) is 14.8. The summed E-state index contributed by atoms with van der Waals surface area (Å²) in [5.41, 5.74) is 1.88. The summed E-state index contributed by atoms with van der Waals surface area (Å²) in [5, 5.41) is 2.62. The van der Waals surface area contributed by atoms with Crippen LogP contribution in [-0.2, 0) is 13.1 Å². The first kappa shape index (κ1) is 16.6. The molecule has 1 fully saturated rings. The molecule has 1 aliphatic rings. The van der Waals surface area contributed by atoms with Crippen molar-refractivity contribution in [3.63, 3.8) is 0 Å². The summed E-state index contributed by atoms with van der Waals surface area (Å²) < 4.78 is 26.7. The van der Waals surface area contributed by atoms with Crippen LogP contribution >= 0.6 is 0 Å². The van der Waals surface area contributed by atoms with Gasteiger partial charge in [0.2, 0.25) is 0 Å². The van der Waals surface area contributed by atoms with E-state index in [4.69, 9.17) is 0 Å². The predicted octanol–water partition coefficient (Wildman–Crippen LogP) is 3.49. The van der Waals surface area contributed by atoms with Crippen LogP contribution in [0.2, 0.25) is 0 Å². The van der Waals surface area contributed by atoms with Crippen LogP contribution < -0.4 is 5.32 Å². The van der Waals surface area contributed by atoms with Crippen LogP contribution in [0.5, 0.6) is 0 Å². The summed E-state index contributed by atoms with van der Waals surface area (Å²) in [5.74, 6) is -1.98. The Labute approximate surface area is 140 Å². The maximum atomic E-state index is 13.6. The fourth-order valence-corrected chi connectivity index (χ4v) is 2.91. The number of carbonyl (C=O) groups excluding carboxylic acids is 1. The minimum absolute atomic E-state index is 0.277. The van der Waals surface area contributed by atoms with Gasteiger partial charge in [0, 0.05) is 13.1 Å². The van der Waals surface area contributed by atoms with Gasteiger partial charge in [0.1, 0.15) is 11.6 Å². The molecule has 2 aromatic carbocycles. The molecule has 3 nitrogen and oxygen atoms in total. The Morgan fingerprint density at radius 2 is 1.67 bits per heavy atom. The highest BCUT2D eigenvalue weighted by molar-refractivity contribution is 5.94. The molecule has 1 heterocycles. The summed E-state index contributed by atoms with van der Waals surface area (Å²) in [6.45, 7) is 3.52. The third-order valence-electron chi connectivity index (χ3n) is 4.25. The van der Waals surface area contributed by atoms with E-state index in [1.165, 1.54) is 18.4 Å². The van der Waals surface area contributed by atoms with Crippen molar-refractivity contribution in [1.82, 2.24) is 10.2 Å². The van der Waals surface area contributed by atoms with Gasteiger partial charge in [0.05, 0.1) is 5.56 Å². The molecule has 0 aliphatic carbocycles. The van der Waals surface area contributed by atoms with E-state index in [0.29, 0.717) is 0 Å². The Morgan fingerprint density at radius 3 is 2.38 bits per heavy atom. The number of benzene rings is 2. The average Bonchev–Trinajstić information content (AvgIpc) is 3.09. The van der Waals surface area contributed by atoms with E-state index >= 15 is 0 Å². The van der Waals surface area contributed by atoms with Gasteiger partial charge in [-0.1, -0.05) is 24.3 Å². The molecule has 2 aromatic rings. The van der Waals surface area contributed by atoms with Crippen LogP contribution in [0.4, 0.5) is 8.78 Å². The van der Waals surface area contributed by atoms with Gasteiger partial charge in [0.25, 0.3) is 5.91 Å². The molecule has 0 unspecified atom stereocenters. The second-order valence-electron chi connectivity index (χ2n) is 6.11. The van der Waals surface area contributed by atoms with Gasteiger partial charge in [-0.05, 0) is 55.3 Å². The zero-order chi connectivity index (χ0) is 16.9. The Bertz CT molecular complexity index is 710. The molecule has 0 bridgehead atoms. The molecular formula is C19H20F2N2O. The van der Waals surface area contributed by atoms with E-state index in [0.717, 1.165) is 43.4 Å². The number of likely N-dealkylation sites (tertiary alicyclic amines) is 1. The molecule has 126 valence electrons. The standard InChI is InChI=1S/C19H20F2N2O/c20-16-7-8-18(21)17(11-16)19(24)22-12-14-3-5-15(6-4-14)13-23-9-1-2-10-23/h3-8,11H,1-2,9-10,12-13H2,(H,22,24). The lowest BCUT2D eigenvalue weighted by molar-refractivity contribution is 0.0946. The van der Waals surface area contributed by atoms with Gasteiger partial charge in [-0.2, -0.15) is 0 Å². The molecule has 24 heavy (non-hydrogen) atoms. The molecule has 0 saturated carbocycles. The number of halogens is 2. The highest BCUT2D eigenvalue weighted by Crippen LogP contribution is 2.14. The van der Waals surface area contributed by atoms with Crippen LogP contribution in [-0.4, -0.2) is 23.9 Å². The maximum absolute atomic E-state index is 13.6. The van der Waals surface area contributed by atoms with E-state index in [1.807, 2.05) is 24.3 Å². The number of hydrogen-bond donors (Lipinski definition) is 1. The van der Waals surface area contributed by atoms with Crippen molar-refractivity contribution in [2.24, 2.45) is 0 Å². The highest BCUT2D eigenvalue weighted by atomic mass is 19.1. The van der Waals surface area contributed by atoms with Gasteiger partial charge in [-0.3, -0.25) is 9.69 Å². The van der Waals surface area contributed by atoms with E-state index < -0.39 is 17.5 Å². The molecule has 3 rings (SSSR count). The number of nitrogens with zero attached hydrogens (tertiary/aromatic N) is 1. The molecule has 0 aromatic heterocycles. The second-order valence-corrected chi connectivity index (χ2v) is 6.11. The first-order valence-electron chi connectivity index (χ1n) is 8.15. The summed E-state index contributed by atoms with van der Waals surface area (Å²) in [7, 11) is 0. The lowest BCUT2D eigenvalue weighted by Gasteiger charge is -2.14. The molecule has 0 spiro atoms. The smallest absolute Gasteiger partial charge is 0.254 e. The molecule has 1 amide bonds. The quantitative estimate of drug-likeness (QED) is 0.910. The number of carbonyl (C=O) groups is 1. The lowest BCUT2D eigenvalue weighted by Crippen LogP contribution is -2.24. The first-order chi connectivity index (χ1) is 11.6. The molecule has 1 saturated heterocycles. The Hall–Kier alpha value is -2.27. The predicted molar refractivity (Wildman–Crippen MR) is 88.5 cm³/mol. The SMILES string of the molecule is O=C(NCc1ccc(CN2CCCC2)cc1)c1cc(F)ccc1F. The van der Waals surface area contributed by atoms with Crippen LogP contribution in [0.3, 0.4) is 0 Å². The number of hydrogen-bond acceptors (Lipinski definition) is 2. The lowest BCUT2D eigenvalue weighted by atomic mass is 10.1. The van der Waals surface area contributed by atoms with Gasteiger partial charge >= 0.3 is 0 Å². The minimum Gasteiger partial charge on any atom is -0.348 e. The highest BCUT2D eigenvalue weighted by Gasteiger charge is 2.13. The monoisotopic (exact) mass is 330 g/mol. The number of nitrogens with one attached hydrogen (secondary N) is 1. The van der Waals surface area contributed by atoms with Crippen molar-refractivity contribution in [1.29, 1.82) is 0 Å². The number of amides is 1. The summed E-state index contributed by atoms with van der Waals surface area (Å²) >= 11 is 0. The largest absolute Gasteiger partial charge is 0.348 e. The topological polar surface area (TPSA) is 32.3 Å². The van der Waals surface area contributed by atoms with Crippen LogP contribution in [0.25, 0.3) is 0 Å². The zero-order valence-corrected chi connectivity index (χ0v) is 13.4. The van der Waals surface area contributed by atoms with Gasteiger partial charge < -0.3 is 5.32 Å². The van der Waals surface area contributed by atoms with Crippen molar-refractivity contribution in [3.05, 3.63) is 70.8 Å². The van der Waals surface area contributed by atoms with Crippen molar-refractivity contribution in [2.75, 3.05) is 13.1 Å². The van der Waals surface area contributed by atoms with Crippen molar-refractivity contribution >= 4 is 5.91 Å². The van der Waals surface area contributed by atoms with Crippen LogP contribution in [0.15, 0.2) is 42.5 Å². The van der Waals surface area contributed by atoms with E-state index in [-0.39, 0.29) is 12.1 Å². The molecule has 0 atom stereocenters. The zero-order valence-electron chi connectivity index (χ0n) is 13.4. The maximum Gasteiger partial charge on any atom is 0.254 e. The van der Waals surface area contributed by atoms with Crippen LogP contribution in [0.1, 0.15) is 34.3 Å². The summed E-state index contributed by atoms with van der Waals surface area (Å²) in [6, 6.07) is 10.8.